The normalized spacial score (nSPS) is 13.3. The Morgan fingerprint density at radius 2 is 0.769 bits per heavy atom. The molecule has 2 aliphatic heterocycles. The van der Waals surface area contributed by atoms with Gasteiger partial charge in [0.05, 0.1) is 16.6 Å². The standard InChI is InChI=1S/C85H62BN5/c1-84(2,3)48-33-35-72-61(39-48)63-40-49(85(4,5)6)41-68-82(63)90(72)74-37-47(76-64(66-45-88(7)70-31-19-17-27-56(66)70)43-87-44-65(76)67-46-89(8)71-32-20-18-28-57(67)71)38-75-81(74)86(68)69-42-62-55-26-12-10-22-51(55)53-24-14-16-30-59(53)78(62)80-79-73(91(75)83(69)80)36-34-60-54-25-11-9-21-50(54)52-23-13-15-29-58(52)77(60)79/h9-46H,1-8H3. The molecule has 0 aliphatic carbocycles. The maximum Gasteiger partial charge on any atom is 0.252 e. The average Bonchev–Trinajstić information content (AvgIpc) is 1.54. The lowest BCUT2D eigenvalue weighted by molar-refractivity contribution is 0.590. The molecule has 7 heterocycles. The van der Waals surface area contributed by atoms with Gasteiger partial charge < -0.3 is 18.3 Å². The summed E-state index contributed by atoms with van der Waals surface area (Å²) in [5.74, 6) is 0. The lowest BCUT2D eigenvalue weighted by atomic mass is 9.34. The van der Waals surface area contributed by atoms with Gasteiger partial charge in [-0.05, 0) is 146 Å². The smallest absolute Gasteiger partial charge is 0.252 e. The maximum absolute atomic E-state index is 5.27. The summed E-state index contributed by atoms with van der Waals surface area (Å²) in [6.07, 6.45) is 8.93. The van der Waals surface area contributed by atoms with E-state index >= 15 is 0 Å². The van der Waals surface area contributed by atoms with E-state index in [9.17, 15) is 0 Å². The van der Waals surface area contributed by atoms with Crippen LogP contribution in [0, 0.1) is 0 Å². The third-order valence-corrected chi connectivity index (χ3v) is 21.4. The molecular formula is C85H62BN5. The van der Waals surface area contributed by atoms with Crippen LogP contribution in [0.25, 0.3) is 175 Å². The predicted octanol–water partition coefficient (Wildman–Crippen LogP) is 19.9. The van der Waals surface area contributed by atoms with Gasteiger partial charge in [0.1, 0.15) is 0 Å². The Bertz CT molecular complexity index is 6250. The first-order chi connectivity index (χ1) is 44.3. The van der Waals surface area contributed by atoms with Crippen LogP contribution >= 0.6 is 0 Å². The SMILES string of the molecule is Cn1cc(-c2cncc(-c3cn(C)c4ccccc34)c2-c2cc3c4c(c2)-n2c5ccc6c7ccccc7c7ccccc7c6c5c5c6c7ccccc7c7ccccc7c6cc(c52)B4c2cc(C(C)(C)C)cc4c5cc(C(C)(C)C)ccc5n-3c24)c2ccccc21. The predicted molar refractivity (Wildman–Crippen MR) is 389 cm³/mol. The largest absolute Gasteiger partial charge is 0.350 e. The third-order valence-electron chi connectivity index (χ3n) is 21.4. The van der Waals surface area contributed by atoms with Crippen LogP contribution in [0.4, 0.5) is 0 Å². The molecule has 5 aromatic heterocycles. The first-order valence-electron chi connectivity index (χ1n) is 32.2. The van der Waals surface area contributed by atoms with Crippen LogP contribution in [0.2, 0.25) is 0 Å². The number of hydrogen-bond donors (Lipinski definition) is 0. The van der Waals surface area contributed by atoms with Crippen molar-refractivity contribution in [2.45, 2.75) is 52.4 Å². The van der Waals surface area contributed by atoms with E-state index in [0.717, 1.165) is 33.4 Å². The van der Waals surface area contributed by atoms with E-state index in [1.807, 2.05) is 0 Å². The first kappa shape index (κ1) is 51.2. The number of pyridine rings is 1. The minimum absolute atomic E-state index is 0.0651. The number of hydrogen-bond acceptors (Lipinski definition) is 1. The van der Waals surface area contributed by atoms with Crippen LogP contribution in [-0.2, 0) is 24.9 Å². The van der Waals surface area contributed by atoms with Crippen molar-refractivity contribution in [2.24, 2.45) is 14.1 Å². The summed E-state index contributed by atoms with van der Waals surface area (Å²) in [5.41, 5.74) is 23.1. The van der Waals surface area contributed by atoms with E-state index in [1.165, 1.54) is 169 Å². The van der Waals surface area contributed by atoms with Crippen LogP contribution in [-0.4, -0.2) is 30.0 Å². The molecular weight excluding hydrogens is 1100 g/mol. The Labute approximate surface area is 526 Å². The molecule has 0 N–H and O–H groups in total. The topological polar surface area (TPSA) is 32.6 Å². The van der Waals surface area contributed by atoms with E-state index in [4.69, 9.17) is 4.98 Å². The van der Waals surface area contributed by atoms with Crippen LogP contribution in [0.5, 0.6) is 0 Å². The van der Waals surface area contributed by atoms with Gasteiger partial charge in [-0.1, -0.05) is 199 Å². The van der Waals surface area contributed by atoms with Crippen molar-refractivity contribution in [1.29, 1.82) is 0 Å². The molecule has 0 unspecified atom stereocenters. The molecule has 0 spiro atoms. The Morgan fingerprint density at radius 3 is 1.32 bits per heavy atom. The molecule has 2 aliphatic rings. The van der Waals surface area contributed by atoms with Crippen molar-refractivity contribution in [3.63, 3.8) is 0 Å². The Hall–Kier alpha value is -10.7. The van der Waals surface area contributed by atoms with Crippen LogP contribution in [0.3, 0.4) is 0 Å². The van der Waals surface area contributed by atoms with Gasteiger partial charge in [0, 0.05) is 138 Å². The molecule has 6 heteroatoms. The summed E-state index contributed by atoms with van der Waals surface area (Å²) >= 11 is 0. The number of benzene rings is 13. The molecule has 13 aromatic carbocycles. The van der Waals surface area contributed by atoms with E-state index in [2.05, 4.69) is 305 Å². The summed E-state index contributed by atoms with van der Waals surface area (Å²) in [6, 6.07) is 79.8. The molecule has 0 amide bonds. The number of para-hydroxylation sites is 2. The zero-order valence-corrected chi connectivity index (χ0v) is 52.3. The Balaban J connectivity index is 1.06. The van der Waals surface area contributed by atoms with Crippen molar-refractivity contribution < 1.29 is 0 Å². The van der Waals surface area contributed by atoms with Gasteiger partial charge in [0.25, 0.3) is 6.71 Å². The Kier molecular flexibility index (Phi) is 9.90. The fourth-order valence-corrected chi connectivity index (χ4v) is 17.3. The monoisotopic (exact) mass is 1160 g/mol. The number of rotatable bonds is 3. The lowest BCUT2D eigenvalue weighted by Crippen LogP contribution is -2.59. The van der Waals surface area contributed by atoms with Crippen molar-refractivity contribution >= 4 is 153 Å². The van der Waals surface area contributed by atoms with Crippen LogP contribution in [0.15, 0.2) is 231 Å². The Morgan fingerprint density at radius 1 is 0.330 bits per heavy atom. The second-order valence-electron chi connectivity index (χ2n) is 28.4. The van der Waals surface area contributed by atoms with Crippen molar-refractivity contribution in [3.05, 3.63) is 242 Å². The molecule has 0 radical (unpaired) electrons. The summed E-state index contributed by atoms with van der Waals surface area (Å²) in [7, 11) is 4.36. The molecule has 91 heavy (non-hydrogen) atoms. The van der Waals surface area contributed by atoms with Crippen molar-refractivity contribution in [1.82, 2.24) is 23.3 Å². The fraction of sp³-hybridized carbons (Fsp3) is 0.118. The number of nitrogens with zero attached hydrogens (tertiary/aromatic N) is 5. The van der Waals surface area contributed by atoms with Crippen LogP contribution < -0.4 is 16.4 Å². The summed E-state index contributed by atoms with van der Waals surface area (Å²) in [4.78, 5) is 5.27. The zero-order chi connectivity index (χ0) is 60.8. The van der Waals surface area contributed by atoms with Gasteiger partial charge in [-0.15, -0.1) is 0 Å². The van der Waals surface area contributed by atoms with Crippen molar-refractivity contribution in [3.8, 4) is 44.8 Å². The summed E-state index contributed by atoms with van der Waals surface area (Å²) in [5, 5.41) is 23.0. The van der Waals surface area contributed by atoms with Gasteiger partial charge in [-0.25, -0.2) is 0 Å². The van der Waals surface area contributed by atoms with E-state index < -0.39 is 0 Å². The minimum atomic E-state index is -0.148. The van der Waals surface area contributed by atoms with Crippen molar-refractivity contribution in [2.75, 3.05) is 0 Å². The van der Waals surface area contributed by atoms with Crippen LogP contribution in [0.1, 0.15) is 52.7 Å². The first-order valence-corrected chi connectivity index (χ1v) is 32.2. The fourth-order valence-electron chi connectivity index (χ4n) is 17.3. The highest BCUT2D eigenvalue weighted by Crippen LogP contribution is 2.52. The van der Waals surface area contributed by atoms with Gasteiger partial charge in [-0.3, -0.25) is 4.98 Å². The highest BCUT2D eigenvalue weighted by atomic mass is 15.0. The summed E-state index contributed by atoms with van der Waals surface area (Å²) in [6.45, 7) is 14.1. The quantitative estimate of drug-likeness (QED) is 0.128. The summed E-state index contributed by atoms with van der Waals surface area (Å²) < 4.78 is 10.0. The molecule has 20 rings (SSSR count). The van der Waals surface area contributed by atoms with E-state index in [-0.39, 0.29) is 17.5 Å². The molecule has 0 saturated carbocycles. The molecule has 5 nitrogen and oxygen atoms in total. The van der Waals surface area contributed by atoms with Gasteiger partial charge in [0.2, 0.25) is 0 Å². The highest BCUT2D eigenvalue weighted by molar-refractivity contribution is 7.00. The number of aromatic nitrogens is 5. The number of aryl methyl sites for hydroxylation is 2. The highest BCUT2D eigenvalue weighted by Gasteiger charge is 2.44. The average molecular weight is 1160 g/mol. The van der Waals surface area contributed by atoms with E-state index in [1.54, 1.807) is 0 Å². The molecule has 0 saturated heterocycles. The lowest BCUT2D eigenvalue weighted by Gasteiger charge is -2.35. The third kappa shape index (κ3) is 6.63. The molecule has 0 atom stereocenters. The van der Waals surface area contributed by atoms with Gasteiger partial charge in [-0.2, -0.15) is 0 Å². The molecule has 0 bridgehead atoms. The zero-order valence-electron chi connectivity index (χ0n) is 52.3. The molecule has 430 valence electrons. The minimum Gasteiger partial charge on any atom is -0.350 e. The second kappa shape index (κ2) is 17.6. The van der Waals surface area contributed by atoms with Gasteiger partial charge >= 0.3 is 0 Å². The number of fused-ring (bicyclic) bond motifs is 26. The van der Waals surface area contributed by atoms with E-state index in [0.29, 0.717) is 0 Å². The molecule has 18 aromatic rings. The van der Waals surface area contributed by atoms with Gasteiger partial charge in [0.15, 0.2) is 0 Å². The maximum atomic E-state index is 5.27. The molecule has 0 fully saturated rings. The second-order valence-corrected chi connectivity index (χ2v) is 28.4.